The molecule has 4 rings (SSSR count). The van der Waals surface area contributed by atoms with E-state index in [0.29, 0.717) is 16.4 Å². The summed E-state index contributed by atoms with van der Waals surface area (Å²) in [5, 5.41) is 7.82. The number of nitrogens with one attached hydrogen (secondary N) is 2. The number of hydrogen-bond acceptors (Lipinski definition) is 5. The number of nitrogens with zero attached hydrogens (tertiary/aromatic N) is 1. The van der Waals surface area contributed by atoms with Gasteiger partial charge in [0.15, 0.2) is 5.13 Å². The van der Waals surface area contributed by atoms with Gasteiger partial charge >= 0.3 is 0 Å². The number of amides is 2. The Kier molecular flexibility index (Phi) is 6.09. The molecule has 6 nitrogen and oxygen atoms in total. The fraction of sp³-hybridized carbons (Fsp3) is 0.261. The van der Waals surface area contributed by atoms with Crippen molar-refractivity contribution in [2.45, 2.75) is 25.7 Å². The predicted octanol–water partition coefficient (Wildman–Crippen LogP) is 4.07. The maximum Gasteiger partial charge on any atom is 0.251 e. The highest BCUT2D eigenvalue weighted by Crippen LogP contribution is 2.29. The smallest absolute Gasteiger partial charge is 0.251 e. The van der Waals surface area contributed by atoms with Gasteiger partial charge in [-0.2, -0.15) is 0 Å². The van der Waals surface area contributed by atoms with E-state index in [9.17, 15) is 9.59 Å². The van der Waals surface area contributed by atoms with Gasteiger partial charge in [0.25, 0.3) is 5.91 Å². The van der Waals surface area contributed by atoms with Crippen LogP contribution in [0.5, 0.6) is 5.75 Å². The molecule has 30 heavy (non-hydrogen) atoms. The minimum absolute atomic E-state index is 0.135. The summed E-state index contributed by atoms with van der Waals surface area (Å²) in [7, 11) is 1.54. The Bertz CT molecular complexity index is 1080. The molecule has 0 bridgehead atoms. The van der Waals surface area contributed by atoms with Gasteiger partial charge in [0.05, 0.1) is 19.3 Å². The van der Waals surface area contributed by atoms with Crippen molar-refractivity contribution in [2.24, 2.45) is 0 Å². The maximum atomic E-state index is 12.2. The Hall–Kier alpha value is -3.19. The maximum absolute atomic E-state index is 12.2. The quantitative estimate of drug-likeness (QED) is 0.629. The fourth-order valence-corrected chi connectivity index (χ4v) is 4.28. The summed E-state index contributed by atoms with van der Waals surface area (Å²) in [6.07, 6.45) is 4.75. The van der Waals surface area contributed by atoms with Crippen LogP contribution in [-0.2, 0) is 17.6 Å². The predicted molar refractivity (Wildman–Crippen MR) is 118 cm³/mol. The van der Waals surface area contributed by atoms with Crippen molar-refractivity contribution in [1.82, 2.24) is 10.3 Å². The molecule has 0 radical (unpaired) electrons. The highest BCUT2D eigenvalue weighted by Gasteiger charge is 2.14. The number of carbonyl (C=O) groups is 2. The van der Waals surface area contributed by atoms with Crippen molar-refractivity contribution in [3.05, 3.63) is 64.5 Å². The van der Waals surface area contributed by atoms with Crippen LogP contribution >= 0.6 is 11.3 Å². The molecular formula is C23H23N3O3S. The minimum Gasteiger partial charge on any atom is -0.497 e. The van der Waals surface area contributed by atoms with Crippen molar-refractivity contribution in [1.29, 1.82) is 0 Å². The van der Waals surface area contributed by atoms with Gasteiger partial charge in [0.1, 0.15) is 5.75 Å². The molecule has 3 aromatic rings. The minimum atomic E-state index is -0.335. The highest BCUT2D eigenvalue weighted by molar-refractivity contribution is 7.14. The summed E-state index contributed by atoms with van der Waals surface area (Å²) in [6, 6.07) is 13.3. The summed E-state index contributed by atoms with van der Waals surface area (Å²) < 4.78 is 5.11. The van der Waals surface area contributed by atoms with E-state index in [0.717, 1.165) is 24.1 Å². The van der Waals surface area contributed by atoms with E-state index < -0.39 is 0 Å². The van der Waals surface area contributed by atoms with Gasteiger partial charge < -0.3 is 15.4 Å². The molecule has 0 aliphatic heterocycles. The van der Waals surface area contributed by atoms with E-state index >= 15 is 0 Å². The standard InChI is InChI=1S/C23H23N3O3S/c1-29-19-8-4-7-18(12-19)22(28)24-13-21(27)26-23-25-20(14-30-23)17-10-9-15-5-2-3-6-16(15)11-17/h4,7-12,14H,2-3,5-6,13H2,1H3,(H,24,28)(H,25,26,27). The Morgan fingerprint density at radius 2 is 1.93 bits per heavy atom. The van der Waals surface area contributed by atoms with Crippen LogP contribution in [0.15, 0.2) is 47.8 Å². The van der Waals surface area contributed by atoms with Crippen molar-refractivity contribution >= 4 is 28.3 Å². The van der Waals surface area contributed by atoms with Gasteiger partial charge in [-0.05, 0) is 61.1 Å². The van der Waals surface area contributed by atoms with E-state index in [-0.39, 0.29) is 18.4 Å². The first-order valence-corrected chi connectivity index (χ1v) is 10.8. The molecule has 1 aliphatic carbocycles. The summed E-state index contributed by atoms with van der Waals surface area (Å²) in [4.78, 5) is 29.0. The molecule has 2 aromatic carbocycles. The molecule has 1 aromatic heterocycles. The topological polar surface area (TPSA) is 80.3 Å². The number of benzene rings is 2. The van der Waals surface area contributed by atoms with Crippen molar-refractivity contribution < 1.29 is 14.3 Å². The van der Waals surface area contributed by atoms with Gasteiger partial charge in [-0.25, -0.2) is 4.98 Å². The number of hydrogen-bond donors (Lipinski definition) is 2. The molecule has 0 saturated heterocycles. The number of anilines is 1. The van der Waals surface area contributed by atoms with E-state index in [1.165, 1.54) is 42.4 Å². The Morgan fingerprint density at radius 1 is 1.10 bits per heavy atom. The summed E-state index contributed by atoms with van der Waals surface area (Å²) >= 11 is 1.37. The van der Waals surface area contributed by atoms with E-state index in [1.807, 2.05) is 5.38 Å². The number of aryl methyl sites for hydroxylation is 2. The summed E-state index contributed by atoms with van der Waals surface area (Å²) in [5.74, 6) is -0.0693. The summed E-state index contributed by atoms with van der Waals surface area (Å²) in [5.41, 5.74) is 5.19. The molecule has 2 N–H and O–H groups in total. The number of fused-ring (bicyclic) bond motifs is 1. The molecule has 154 valence electrons. The van der Waals surface area contributed by atoms with Crippen LogP contribution in [0.3, 0.4) is 0 Å². The van der Waals surface area contributed by atoms with Crippen LogP contribution in [-0.4, -0.2) is 30.5 Å². The molecule has 2 amide bonds. The first kappa shape index (κ1) is 20.1. The van der Waals surface area contributed by atoms with Gasteiger partial charge in [0, 0.05) is 16.5 Å². The molecular weight excluding hydrogens is 398 g/mol. The normalized spacial score (nSPS) is 12.7. The van der Waals surface area contributed by atoms with Crippen LogP contribution in [0.1, 0.15) is 34.3 Å². The zero-order valence-electron chi connectivity index (χ0n) is 16.7. The van der Waals surface area contributed by atoms with Crippen LogP contribution < -0.4 is 15.4 Å². The Labute approximate surface area is 179 Å². The van der Waals surface area contributed by atoms with Crippen LogP contribution in [0.2, 0.25) is 0 Å². The lowest BCUT2D eigenvalue weighted by molar-refractivity contribution is -0.115. The highest BCUT2D eigenvalue weighted by atomic mass is 32.1. The Morgan fingerprint density at radius 3 is 2.77 bits per heavy atom. The third kappa shape index (κ3) is 4.68. The lowest BCUT2D eigenvalue weighted by atomic mass is 9.90. The summed E-state index contributed by atoms with van der Waals surface area (Å²) in [6.45, 7) is -0.135. The lowest BCUT2D eigenvalue weighted by Gasteiger charge is -2.16. The van der Waals surface area contributed by atoms with Crippen LogP contribution in [0, 0.1) is 0 Å². The van der Waals surface area contributed by atoms with Crippen molar-refractivity contribution in [3.63, 3.8) is 0 Å². The van der Waals surface area contributed by atoms with E-state index in [2.05, 4.69) is 33.8 Å². The van der Waals surface area contributed by atoms with Gasteiger partial charge in [0.2, 0.25) is 5.91 Å². The zero-order valence-corrected chi connectivity index (χ0v) is 17.6. The molecule has 1 heterocycles. The monoisotopic (exact) mass is 421 g/mol. The molecule has 0 unspecified atom stereocenters. The van der Waals surface area contributed by atoms with Crippen LogP contribution in [0.4, 0.5) is 5.13 Å². The zero-order chi connectivity index (χ0) is 20.9. The molecule has 0 saturated carbocycles. The van der Waals surface area contributed by atoms with Gasteiger partial charge in [-0.3, -0.25) is 9.59 Å². The molecule has 0 atom stereocenters. The number of aromatic nitrogens is 1. The fourth-order valence-electron chi connectivity index (χ4n) is 3.55. The second-order valence-electron chi connectivity index (χ2n) is 7.19. The van der Waals surface area contributed by atoms with Crippen molar-refractivity contribution in [2.75, 3.05) is 19.0 Å². The van der Waals surface area contributed by atoms with Gasteiger partial charge in [-0.15, -0.1) is 11.3 Å². The first-order chi connectivity index (χ1) is 14.6. The SMILES string of the molecule is COc1cccc(C(=O)NCC(=O)Nc2nc(-c3ccc4c(c3)CCCC4)cs2)c1. The number of carbonyl (C=O) groups excluding carboxylic acids is 2. The third-order valence-corrected chi connectivity index (χ3v) is 5.89. The number of ether oxygens (including phenoxy) is 1. The Balaban J connectivity index is 1.34. The second kappa shape index (κ2) is 9.09. The third-order valence-electron chi connectivity index (χ3n) is 5.14. The molecule has 0 fully saturated rings. The first-order valence-electron chi connectivity index (χ1n) is 9.92. The lowest BCUT2D eigenvalue weighted by Crippen LogP contribution is -2.32. The molecule has 7 heteroatoms. The van der Waals surface area contributed by atoms with E-state index in [4.69, 9.17) is 4.74 Å². The molecule has 0 spiro atoms. The van der Waals surface area contributed by atoms with E-state index in [1.54, 1.807) is 24.3 Å². The number of methoxy groups -OCH3 is 1. The molecule has 1 aliphatic rings. The number of rotatable bonds is 6. The van der Waals surface area contributed by atoms with Crippen LogP contribution in [0.25, 0.3) is 11.3 Å². The van der Waals surface area contributed by atoms with Crippen molar-refractivity contribution in [3.8, 4) is 17.0 Å². The van der Waals surface area contributed by atoms with Gasteiger partial charge in [-0.1, -0.05) is 18.2 Å². The second-order valence-corrected chi connectivity index (χ2v) is 8.05. The largest absolute Gasteiger partial charge is 0.497 e. The average molecular weight is 422 g/mol. The number of thiazole rings is 1. The average Bonchev–Trinajstić information content (AvgIpc) is 3.25.